The number of sulfonamides is 1. The lowest BCUT2D eigenvalue weighted by molar-refractivity contribution is 0.0935. The fourth-order valence-corrected chi connectivity index (χ4v) is 6.19. The summed E-state index contributed by atoms with van der Waals surface area (Å²) in [5, 5.41) is 3.13. The number of benzene rings is 3. The second kappa shape index (κ2) is 10.4. The van der Waals surface area contributed by atoms with Gasteiger partial charge in [-0.25, -0.2) is 8.42 Å². The van der Waals surface area contributed by atoms with Crippen molar-refractivity contribution in [1.82, 2.24) is 5.32 Å². The molecule has 0 aromatic heterocycles. The molecule has 1 atom stereocenters. The van der Waals surface area contributed by atoms with Crippen LogP contribution in [0.3, 0.4) is 0 Å². The van der Waals surface area contributed by atoms with Crippen LogP contribution in [0.2, 0.25) is 5.02 Å². The molecule has 0 fully saturated rings. The Morgan fingerprint density at radius 2 is 1.74 bits per heavy atom. The maximum absolute atomic E-state index is 13.2. The van der Waals surface area contributed by atoms with Crippen LogP contribution in [0, 0.1) is 13.8 Å². The van der Waals surface area contributed by atoms with Gasteiger partial charge in [-0.15, -0.1) is 0 Å². The van der Waals surface area contributed by atoms with E-state index in [0.29, 0.717) is 5.69 Å². The lowest BCUT2D eigenvalue weighted by Crippen LogP contribution is -2.28. The molecule has 0 heterocycles. The fraction of sp³-hybridized carbons (Fsp3) is 0.321. The molecule has 1 aliphatic rings. The van der Waals surface area contributed by atoms with Gasteiger partial charge in [0, 0.05) is 5.56 Å². The van der Waals surface area contributed by atoms with Crippen molar-refractivity contribution in [3.63, 3.8) is 0 Å². The highest BCUT2D eigenvalue weighted by atomic mass is 35.5. The molecule has 0 saturated heterocycles. The first kappa shape index (κ1) is 25.3. The number of amides is 1. The SMILES string of the molecule is CC[C@@H](NC(=O)c1ccc(Cl)c(S(=O)(=O)Nc2cccc(C)c2C)c1)c1ccc2c(c1)CCCC2. The van der Waals surface area contributed by atoms with Crippen LogP contribution < -0.4 is 10.0 Å². The van der Waals surface area contributed by atoms with Crippen molar-refractivity contribution in [3.8, 4) is 0 Å². The maximum Gasteiger partial charge on any atom is 0.263 e. The monoisotopic (exact) mass is 510 g/mol. The van der Waals surface area contributed by atoms with Crippen LogP contribution in [-0.2, 0) is 22.9 Å². The number of hydrogen-bond acceptors (Lipinski definition) is 3. The summed E-state index contributed by atoms with van der Waals surface area (Å²) >= 11 is 6.27. The third-order valence-electron chi connectivity index (χ3n) is 6.82. The molecule has 0 spiro atoms. The first-order valence-corrected chi connectivity index (χ1v) is 13.9. The number of halogens is 1. The largest absolute Gasteiger partial charge is 0.345 e. The molecule has 3 aromatic carbocycles. The number of fused-ring (bicyclic) bond motifs is 1. The van der Waals surface area contributed by atoms with E-state index in [4.69, 9.17) is 11.6 Å². The number of carbonyl (C=O) groups excluding carboxylic acids is 1. The zero-order valence-corrected chi connectivity index (χ0v) is 21.9. The number of aryl methyl sites for hydroxylation is 3. The van der Waals surface area contributed by atoms with E-state index < -0.39 is 10.0 Å². The van der Waals surface area contributed by atoms with Crippen molar-refractivity contribution in [2.75, 3.05) is 4.72 Å². The standard InChI is InChI=1S/C28H31ClN2O3S/c1-4-25(22-13-12-20-9-5-6-10-21(20)16-22)30-28(32)23-14-15-24(29)27(17-23)35(33,34)31-26-11-7-8-18(2)19(26)3/h7-8,11-17,25,31H,4-6,9-10H2,1-3H3,(H,30,32)/t25-/m1/s1. The van der Waals surface area contributed by atoms with Crippen LogP contribution in [0.15, 0.2) is 59.5 Å². The molecule has 184 valence electrons. The molecule has 4 rings (SSSR count). The number of carbonyl (C=O) groups is 1. The highest BCUT2D eigenvalue weighted by Crippen LogP contribution is 2.29. The Labute approximate surface area is 213 Å². The molecule has 1 amide bonds. The summed E-state index contributed by atoms with van der Waals surface area (Å²) in [4.78, 5) is 13.0. The number of rotatable bonds is 7. The Kier molecular flexibility index (Phi) is 7.53. The molecule has 0 aliphatic heterocycles. The van der Waals surface area contributed by atoms with E-state index in [0.717, 1.165) is 36.0 Å². The number of nitrogens with one attached hydrogen (secondary N) is 2. The molecule has 5 nitrogen and oxygen atoms in total. The second-order valence-corrected chi connectivity index (χ2v) is 11.2. The Balaban J connectivity index is 1.57. The normalized spacial score (nSPS) is 14.2. The van der Waals surface area contributed by atoms with Crippen LogP contribution >= 0.6 is 11.6 Å². The predicted molar refractivity (Wildman–Crippen MR) is 142 cm³/mol. The summed E-state index contributed by atoms with van der Waals surface area (Å²) < 4.78 is 29.0. The Hall–Kier alpha value is -2.83. The van der Waals surface area contributed by atoms with E-state index in [-0.39, 0.29) is 27.4 Å². The lowest BCUT2D eigenvalue weighted by Gasteiger charge is -2.22. The molecular weight excluding hydrogens is 480 g/mol. The third kappa shape index (κ3) is 5.54. The second-order valence-electron chi connectivity index (χ2n) is 9.17. The van der Waals surface area contributed by atoms with Crippen LogP contribution in [0.5, 0.6) is 0 Å². The predicted octanol–water partition coefficient (Wildman–Crippen LogP) is 6.52. The highest BCUT2D eigenvalue weighted by Gasteiger charge is 2.23. The third-order valence-corrected chi connectivity index (χ3v) is 8.67. The zero-order chi connectivity index (χ0) is 25.2. The van der Waals surface area contributed by atoms with E-state index >= 15 is 0 Å². The van der Waals surface area contributed by atoms with Gasteiger partial charge in [0.1, 0.15) is 4.90 Å². The first-order valence-electron chi connectivity index (χ1n) is 12.0. The van der Waals surface area contributed by atoms with Crippen molar-refractivity contribution in [1.29, 1.82) is 0 Å². The highest BCUT2D eigenvalue weighted by molar-refractivity contribution is 7.92. The van der Waals surface area contributed by atoms with Gasteiger partial charge in [-0.3, -0.25) is 9.52 Å². The smallest absolute Gasteiger partial charge is 0.263 e. The van der Waals surface area contributed by atoms with E-state index in [1.54, 1.807) is 18.2 Å². The molecule has 2 N–H and O–H groups in total. The van der Waals surface area contributed by atoms with Crippen LogP contribution in [-0.4, -0.2) is 14.3 Å². The summed E-state index contributed by atoms with van der Waals surface area (Å²) in [5.74, 6) is -0.338. The van der Waals surface area contributed by atoms with Gasteiger partial charge in [-0.2, -0.15) is 0 Å². The molecule has 7 heteroatoms. The van der Waals surface area contributed by atoms with Crippen molar-refractivity contribution >= 4 is 33.2 Å². The summed E-state index contributed by atoms with van der Waals surface area (Å²) in [5.41, 5.74) is 6.35. The van der Waals surface area contributed by atoms with E-state index in [9.17, 15) is 13.2 Å². The molecule has 0 bridgehead atoms. The van der Waals surface area contributed by atoms with Gasteiger partial charge in [-0.1, -0.05) is 48.9 Å². The number of anilines is 1. The minimum Gasteiger partial charge on any atom is -0.345 e. The van der Waals surface area contributed by atoms with Gasteiger partial charge in [-0.05, 0) is 98.0 Å². The van der Waals surface area contributed by atoms with Crippen molar-refractivity contribution in [3.05, 3.63) is 93.0 Å². The van der Waals surface area contributed by atoms with E-state index in [1.807, 2.05) is 26.8 Å². The summed E-state index contributed by atoms with van der Waals surface area (Å²) in [7, 11) is -4.00. The Morgan fingerprint density at radius 3 is 2.49 bits per heavy atom. The Morgan fingerprint density at radius 1 is 1.00 bits per heavy atom. The van der Waals surface area contributed by atoms with Gasteiger partial charge in [0.2, 0.25) is 0 Å². The van der Waals surface area contributed by atoms with Crippen molar-refractivity contribution in [2.24, 2.45) is 0 Å². The molecule has 0 radical (unpaired) electrons. The average Bonchev–Trinajstić information content (AvgIpc) is 2.85. The molecule has 0 saturated carbocycles. The van der Waals surface area contributed by atoms with Gasteiger partial charge in [0.25, 0.3) is 15.9 Å². The van der Waals surface area contributed by atoms with E-state index in [1.165, 1.54) is 36.1 Å². The molecule has 1 aliphatic carbocycles. The van der Waals surface area contributed by atoms with Gasteiger partial charge in [0.15, 0.2) is 0 Å². The fourth-order valence-electron chi connectivity index (χ4n) is 4.54. The van der Waals surface area contributed by atoms with Gasteiger partial charge >= 0.3 is 0 Å². The summed E-state index contributed by atoms with van der Waals surface area (Å²) in [6.45, 7) is 5.79. The Bertz CT molecular complexity index is 1370. The molecule has 3 aromatic rings. The van der Waals surface area contributed by atoms with Crippen LogP contribution in [0.4, 0.5) is 5.69 Å². The topological polar surface area (TPSA) is 75.3 Å². The average molecular weight is 511 g/mol. The van der Waals surface area contributed by atoms with Gasteiger partial charge in [0.05, 0.1) is 16.8 Å². The molecule has 0 unspecified atom stereocenters. The lowest BCUT2D eigenvalue weighted by atomic mass is 9.88. The zero-order valence-electron chi connectivity index (χ0n) is 20.3. The minimum absolute atomic E-state index is 0.0566. The summed E-state index contributed by atoms with van der Waals surface area (Å²) in [6.07, 6.45) is 5.31. The molecule has 35 heavy (non-hydrogen) atoms. The van der Waals surface area contributed by atoms with Crippen LogP contribution in [0.1, 0.15) is 70.4 Å². The van der Waals surface area contributed by atoms with Gasteiger partial charge < -0.3 is 5.32 Å². The van der Waals surface area contributed by atoms with Crippen molar-refractivity contribution in [2.45, 2.75) is 63.8 Å². The summed E-state index contributed by atoms with van der Waals surface area (Å²) in [6, 6.07) is 16.0. The number of hydrogen-bond donors (Lipinski definition) is 2. The van der Waals surface area contributed by atoms with Crippen molar-refractivity contribution < 1.29 is 13.2 Å². The minimum atomic E-state index is -4.00. The van der Waals surface area contributed by atoms with E-state index in [2.05, 4.69) is 28.2 Å². The van der Waals surface area contributed by atoms with Crippen LogP contribution in [0.25, 0.3) is 0 Å². The maximum atomic E-state index is 13.2. The quantitative estimate of drug-likeness (QED) is 0.380. The molecular formula is C28H31ClN2O3S. The first-order chi connectivity index (χ1) is 16.7.